The van der Waals surface area contributed by atoms with E-state index in [2.05, 4.69) is 0 Å². The highest BCUT2D eigenvalue weighted by atomic mass is 35.5. The molecule has 0 aromatic heterocycles. The highest BCUT2D eigenvalue weighted by Crippen LogP contribution is 2.21. The molecule has 2 aromatic rings. The number of hydrogen-bond acceptors (Lipinski definition) is 2. The fraction of sp³-hybridized carbons (Fsp3) is 0.188. The Balaban J connectivity index is 2.27. The van der Waals surface area contributed by atoms with Crippen LogP contribution in [0.4, 0.5) is 10.1 Å². The molecule has 0 spiro atoms. The molecule has 0 atom stereocenters. The van der Waals surface area contributed by atoms with Gasteiger partial charge in [0.25, 0.3) is 0 Å². The van der Waals surface area contributed by atoms with E-state index in [4.69, 9.17) is 16.7 Å². The fourth-order valence-electron chi connectivity index (χ4n) is 2.10. The van der Waals surface area contributed by atoms with Crippen LogP contribution in [0.15, 0.2) is 42.5 Å². The van der Waals surface area contributed by atoms with Crippen LogP contribution in [0.25, 0.3) is 0 Å². The van der Waals surface area contributed by atoms with Crippen LogP contribution >= 0.6 is 11.6 Å². The Morgan fingerprint density at radius 2 is 1.90 bits per heavy atom. The van der Waals surface area contributed by atoms with Crippen LogP contribution in [0, 0.1) is 12.7 Å². The van der Waals surface area contributed by atoms with Crippen molar-refractivity contribution < 1.29 is 14.3 Å². The third-order valence-electron chi connectivity index (χ3n) is 3.18. The van der Waals surface area contributed by atoms with E-state index in [0.29, 0.717) is 11.6 Å². The first kappa shape index (κ1) is 15.3. The number of anilines is 1. The molecule has 2 rings (SSSR count). The maximum absolute atomic E-state index is 13.1. The average Bonchev–Trinajstić information content (AvgIpc) is 2.41. The SMILES string of the molecule is Cc1cc(F)ccc1CN(CC(=O)O)c1ccc(Cl)cc1. The van der Waals surface area contributed by atoms with Gasteiger partial charge in [0.2, 0.25) is 0 Å². The Hall–Kier alpha value is -2.07. The molecule has 21 heavy (non-hydrogen) atoms. The Kier molecular flexibility index (Phi) is 4.81. The number of aliphatic carboxylic acids is 1. The van der Waals surface area contributed by atoms with Gasteiger partial charge in [0.05, 0.1) is 0 Å². The number of carbonyl (C=O) groups is 1. The minimum atomic E-state index is -0.926. The molecule has 0 fully saturated rings. The second-order valence-corrected chi connectivity index (χ2v) is 5.23. The molecule has 0 unspecified atom stereocenters. The first-order valence-electron chi connectivity index (χ1n) is 6.43. The van der Waals surface area contributed by atoms with Gasteiger partial charge in [-0.05, 0) is 54.4 Å². The minimum Gasteiger partial charge on any atom is -0.480 e. The number of aryl methyl sites for hydroxylation is 1. The van der Waals surface area contributed by atoms with Gasteiger partial charge in [0.1, 0.15) is 12.4 Å². The summed E-state index contributed by atoms with van der Waals surface area (Å²) in [7, 11) is 0. The molecule has 0 aliphatic rings. The van der Waals surface area contributed by atoms with Gasteiger partial charge in [-0.1, -0.05) is 17.7 Å². The smallest absolute Gasteiger partial charge is 0.323 e. The lowest BCUT2D eigenvalue weighted by Gasteiger charge is -2.24. The van der Waals surface area contributed by atoms with Gasteiger partial charge < -0.3 is 10.0 Å². The van der Waals surface area contributed by atoms with Gasteiger partial charge in [-0.2, -0.15) is 0 Å². The van der Waals surface area contributed by atoms with Crippen LogP contribution in [0.5, 0.6) is 0 Å². The number of hydrogen-bond donors (Lipinski definition) is 1. The zero-order chi connectivity index (χ0) is 15.4. The molecule has 0 aliphatic carbocycles. The molecule has 0 aliphatic heterocycles. The molecule has 0 radical (unpaired) electrons. The molecule has 1 N–H and O–H groups in total. The van der Waals surface area contributed by atoms with Crippen LogP contribution in [0.2, 0.25) is 5.02 Å². The molecule has 0 saturated heterocycles. The van der Waals surface area contributed by atoms with Gasteiger partial charge in [0, 0.05) is 17.3 Å². The van der Waals surface area contributed by atoms with Crippen molar-refractivity contribution in [3.8, 4) is 0 Å². The van der Waals surface area contributed by atoms with Crippen LogP contribution in [0.3, 0.4) is 0 Å². The molecule has 0 amide bonds. The second-order valence-electron chi connectivity index (χ2n) is 4.80. The number of halogens is 2. The van der Waals surface area contributed by atoms with Gasteiger partial charge in [-0.25, -0.2) is 4.39 Å². The van der Waals surface area contributed by atoms with E-state index in [1.54, 1.807) is 42.2 Å². The quantitative estimate of drug-likeness (QED) is 0.911. The lowest BCUT2D eigenvalue weighted by molar-refractivity contribution is -0.135. The van der Waals surface area contributed by atoms with Gasteiger partial charge in [-0.15, -0.1) is 0 Å². The average molecular weight is 308 g/mol. The largest absolute Gasteiger partial charge is 0.480 e. The number of rotatable bonds is 5. The van der Waals surface area contributed by atoms with Gasteiger partial charge in [-0.3, -0.25) is 4.79 Å². The van der Waals surface area contributed by atoms with E-state index in [1.807, 2.05) is 0 Å². The summed E-state index contributed by atoms with van der Waals surface area (Å²) in [4.78, 5) is 12.8. The van der Waals surface area contributed by atoms with Crippen molar-refractivity contribution in [2.45, 2.75) is 13.5 Å². The molecule has 0 saturated carbocycles. The summed E-state index contributed by atoms with van der Waals surface area (Å²) in [6.07, 6.45) is 0. The van der Waals surface area contributed by atoms with E-state index < -0.39 is 5.97 Å². The number of nitrogens with zero attached hydrogens (tertiary/aromatic N) is 1. The van der Waals surface area contributed by atoms with E-state index >= 15 is 0 Å². The van der Waals surface area contributed by atoms with Crippen molar-refractivity contribution in [1.82, 2.24) is 0 Å². The van der Waals surface area contributed by atoms with Crippen LogP contribution in [-0.2, 0) is 11.3 Å². The maximum atomic E-state index is 13.1. The van der Waals surface area contributed by atoms with Crippen molar-refractivity contribution in [3.05, 3.63) is 64.4 Å². The van der Waals surface area contributed by atoms with E-state index in [0.717, 1.165) is 16.8 Å². The molecule has 110 valence electrons. The Morgan fingerprint density at radius 1 is 1.24 bits per heavy atom. The molecule has 5 heteroatoms. The lowest BCUT2D eigenvalue weighted by atomic mass is 10.1. The van der Waals surface area contributed by atoms with Crippen LogP contribution < -0.4 is 4.90 Å². The second kappa shape index (κ2) is 6.59. The van der Waals surface area contributed by atoms with Crippen molar-refractivity contribution in [3.63, 3.8) is 0 Å². The summed E-state index contributed by atoms with van der Waals surface area (Å²) in [5.74, 6) is -1.22. The predicted molar refractivity (Wildman–Crippen MR) is 81.3 cm³/mol. The lowest BCUT2D eigenvalue weighted by Crippen LogP contribution is -2.29. The maximum Gasteiger partial charge on any atom is 0.323 e. The topological polar surface area (TPSA) is 40.5 Å². The summed E-state index contributed by atoms with van der Waals surface area (Å²) in [6.45, 7) is 2.05. The third kappa shape index (κ3) is 4.20. The van der Waals surface area contributed by atoms with Crippen LogP contribution in [-0.4, -0.2) is 17.6 Å². The number of benzene rings is 2. The van der Waals surface area contributed by atoms with Crippen molar-refractivity contribution in [1.29, 1.82) is 0 Å². The van der Waals surface area contributed by atoms with Crippen molar-refractivity contribution >= 4 is 23.3 Å². The van der Waals surface area contributed by atoms with Gasteiger partial charge in [0.15, 0.2) is 0 Å². The highest BCUT2D eigenvalue weighted by molar-refractivity contribution is 6.30. The van der Waals surface area contributed by atoms with Crippen molar-refractivity contribution in [2.24, 2.45) is 0 Å². The number of carboxylic acids is 1. The van der Waals surface area contributed by atoms with Crippen LogP contribution in [0.1, 0.15) is 11.1 Å². The van der Waals surface area contributed by atoms with E-state index in [-0.39, 0.29) is 12.4 Å². The minimum absolute atomic E-state index is 0.140. The van der Waals surface area contributed by atoms with E-state index in [1.165, 1.54) is 12.1 Å². The molecule has 0 heterocycles. The zero-order valence-corrected chi connectivity index (χ0v) is 12.3. The summed E-state index contributed by atoms with van der Waals surface area (Å²) in [5.41, 5.74) is 2.43. The van der Waals surface area contributed by atoms with E-state index in [9.17, 15) is 9.18 Å². The number of carboxylic acid groups (broad SMARTS) is 1. The normalized spacial score (nSPS) is 10.4. The molecular weight excluding hydrogens is 293 g/mol. The highest BCUT2D eigenvalue weighted by Gasteiger charge is 2.13. The van der Waals surface area contributed by atoms with Crippen molar-refractivity contribution in [2.75, 3.05) is 11.4 Å². The summed E-state index contributed by atoms with van der Waals surface area (Å²) >= 11 is 5.85. The summed E-state index contributed by atoms with van der Waals surface area (Å²) in [5, 5.41) is 9.65. The first-order chi connectivity index (χ1) is 9.95. The molecule has 0 bridgehead atoms. The Labute approximate surface area is 127 Å². The third-order valence-corrected chi connectivity index (χ3v) is 3.44. The molecular formula is C16H15ClFNO2. The first-order valence-corrected chi connectivity index (χ1v) is 6.81. The molecule has 2 aromatic carbocycles. The van der Waals surface area contributed by atoms with Gasteiger partial charge >= 0.3 is 5.97 Å². The summed E-state index contributed by atoms with van der Waals surface area (Å²) in [6, 6.07) is 11.5. The standard InChI is InChI=1S/C16H15ClFNO2/c1-11-8-14(18)5-2-12(11)9-19(10-16(20)21)15-6-3-13(17)4-7-15/h2-8H,9-10H2,1H3,(H,20,21). The monoisotopic (exact) mass is 307 g/mol. The molecule has 3 nitrogen and oxygen atoms in total. The predicted octanol–water partition coefficient (Wildman–Crippen LogP) is 3.88. The fourth-order valence-corrected chi connectivity index (χ4v) is 2.22. The Morgan fingerprint density at radius 3 is 2.48 bits per heavy atom. The zero-order valence-electron chi connectivity index (χ0n) is 11.5. The summed E-state index contributed by atoms with van der Waals surface area (Å²) < 4.78 is 13.1. The Bertz CT molecular complexity index is 643.